The maximum Gasteiger partial charge on any atom is 0.297 e. The number of aliphatic hydroxyl groups excluding tert-OH is 1. The van der Waals surface area contributed by atoms with Gasteiger partial charge in [-0.3, -0.25) is 4.18 Å². The van der Waals surface area contributed by atoms with E-state index in [0.29, 0.717) is 0 Å². The van der Waals surface area contributed by atoms with Crippen molar-refractivity contribution < 1.29 is 33.3 Å². The van der Waals surface area contributed by atoms with Crippen molar-refractivity contribution in [2.24, 2.45) is 0 Å². The highest BCUT2D eigenvalue weighted by Gasteiger charge is 2.52. The van der Waals surface area contributed by atoms with Crippen molar-refractivity contribution in [2.45, 2.75) is 42.8 Å². The molecule has 0 radical (unpaired) electrons. The number of hydrogen-bond acceptors (Lipinski definition) is 7. The molecule has 186 valence electrons. The Morgan fingerprint density at radius 3 is 2.17 bits per heavy atom. The number of benzene rings is 3. The first-order chi connectivity index (χ1) is 17.3. The van der Waals surface area contributed by atoms with Crippen molar-refractivity contribution in [3.8, 4) is 0 Å². The van der Waals surface area contributed by atoms with Crippen LogP contribution >= 0.6 is 0 Å². The number of ether oxygens (including phenoxy) is 3. The SMILES string of the molecule is [3H][C@@H]1O[C@](COCc2ccccc2)(COS(=O)(=O)c2ccc(C)cc2)C(OCc2ccccc2)[C@@H]1O. The molecule has 1 unspecified atom stereocenters. The number of rotatable bonds is 11. The average molecular weight is 501 g/mol. The lowest BCUT2D eigenvalue weighted by Crippen LogP contribution is -2.52. The van der Waals surface area contributed by atoms with Crippen LogP contribution in [0.2, 0.25) is 0 Å². The van der Waals surface area contributed by atoms with Gasteiger partial charge in [-0.2, -0.15) is 8.42 Å². The summed E-state index contributed by atoms with van der Waals surface area (Å²) in [7, 11) is -4.14. The van der Waals surface area contributed by atoms with Crippen molar-refractivity contribution in [1.29, 1.82) is 0 Å². The third kappa shape index (κ3) is 6.55. The van der Waals surface area contributed by atoms with E-state index in [-0.39, 0.29) is 24.7 Å². The molecule has 1 aliphatic rings. The van der Waals surface area contributed by atoms with Gasteiger partial charge in [-0.1, -0.05) is 78.4 Å². The fourth-order valence-electron chi connectivity index (χ4n) is 3.81. The van der Waals surface area contributed by atoms with Crippen molar-refractivity contribution in [3.63, 3.8) is 0 Å². The summed E-state index contributed by atoms with van der Waals surface area (Å²) in [6.45, 7) is 0.190. The fraction of sp³-hybridized carbons (Fsp3) is 0.333. The molecule has 1 aliphatic heterocycles. The molecule has 1 N–H and O–H groups in total. The molecular weight excluding hydrogens is 468 g/mol. The fourth-order valence-corrected chi connectivity index (χ4v) is 4.77. The normalized spacial score (nSPS) is 24.9. The highest BCUT2D eigenvalue weighted by molar-refractivity contribution is 7.86. The molecule has 4 rings (SSSR count). The molecule has 0 aliphatic carbocycles. The molecule has 1 saturated heterocycles. The Kier molecular flexibility index (Phi) is 7.88. The van der Waals surface area contributed by atoms with Crippen molar-refractivity contribution in [2.75, 3.05) is 19.8 Å². The lowest BCUT2D eigenvalue weighted by molar-refractivity contribution is -0.154. The molecule has 3 aromatic rings. The summed E-state index contributed by atoms with van der Waals surface area (Å²) in [5, 5.41) is 10.8. The largest absolute Gasteiger partial charge is 0.388 e. The van der Waals surface area contributed by atoms with Crippen LogP contribution in [-0.4, -0.2) is 51.1 Å². The van der Waals surface area contributed by atoms with Gasteiger partial charge in [0.2, 0.25) is 0 Å². The first kappa shape index (κ1) is 24.1. The quantitative estimate of drug-likeness (QED) is 0.402. The maximum absolute atomic E-state index is 12.9. The van der Waals surface area contributed by atoms with Gasteiger partial charge in [0.15, 0.2) is 0 Å². The van der Waals surface area contributed by atoms with E-state index in [4.69, 9.17) is 19.8 Å². The lowest BCUT2D eigenvalue weighted by atomic mass is 9.97. The monoisotopic (exact) mass is 500 g/mol. The first-order valence-corrected chi connectivity index (χ1v) is 12.7. The zero-order chi connectivity index (χ0) is 25.6. The molecule has 0 bridgehead atoms. The number of aryl methyl sites for hydroxylation is 1. The Morgan fingerprint density at radius 1 is 0.943 bits per heavy atom. The van der Waals surface area contributed by atoms with Crippen LogP contribution in [0.3, 0.4) is 0 Å². The summed E-state index contributed by atoms with van der Waals surface area (Å²) in [6, 6.07) is 25.1. The summed E-state index contributed by atoms with van der Waals surface area (Å²) in [6.07, 6.45) is -2.40. The van der Waals surface area contributed by atoms with Crippen LogP contribution in [0.4, 0.5) is 0 Å². The smallest absolute Gasteiger partial charge is 0.297 e. The predicted octanol–water partition coefficient (Wildman–Crippen LogP) is 3.63. The second-order valence-electron chi connectivity index (χ2n) is 8.53. The topological polar surface area (TPSA) is 91.3 Å². The summed E-state index contributed by atoms with van der Waals surface area (Å²) in [5.74, 6) is 0. The summed E-state index contributed by atoms with van der Waals surface area (Å²) >= 11 is 0. The van der Waals surface area contributed by atoms with Gasteiger partial charge in [-0.25, -0.2) is 0 Å². The number of aliphatic hydroxyl groups is 1. The molecule has 0 amide bonds. The average Bonchev–Trinajstić information content (AvgIpc) is 3.12. The highest BCUT2D eigenvalue weighted by atomic mass is 32.2. The molecule has 0 spiro atoms. The van der Waals surface area contributed by atoms with Crippen LogP contribution in [0.25, 0.3) is 0 Å². The molecular formula is C27H30O7S. The minimum atomic E-state index is -4.14. The van der Waals surface area contributed by atoms with Gasteiger partial charge in [0.25, 0.3) is 10.1 Å². The molecule has 0 aromatic heterocycles. The van der Waals surface area contributed by atoms with Crippen molar-refractivity contribution >= 4 is 10.1 Å². The molecule has 3 aromatic carbocycles. The predicted molar refractivity (Wildman–Crippen MR) is 130 cm³/mol. The van der Waals surface area contributed by atoms with Crippen LogP contribution in [-0.2, 0) is 41.7 Å². The number of hydrogen-bond donors (Lipinski definition) is 1. The van der Waals surface area contributed by atoms with Crippen LogP contribution in [0, 0.1) is 6.92 Å². The molecule has 4 atom stereocenters. The van der Waals surface area contributed by atoms with Gasteiger partial charge in [0.1, 0.15) is 24.4 Å². The Bertz CT molecular complexity index is 1210. The molecule has 35 heavy (non-hydrogen) atoms. The van der Waals surface area contributed by atoms with Crippen LogP contribution in [0.15, 0.2) is 89.8 Å². The van der Waals surface area contributed by atoms with Crippen molar-refractivity contribution in [1.82, 2.24) is 0 Å². The van der Waals surface area contributed by atoms with E-state index >= 15 is 0 Å². The lowest BCUT2D eigenvalue weighted by Gasteiger charge is -2.34. The zero-order valence-corrected chi connectivity index (χ0v) is 20.3. The molecule has 1 fully saturated rings. The molecule has 7 nitrogen and oxygen atoms in total. The van der Waals surface area contributed by atoms with Gasteiger partial charge in [-0.15, -0.1) is 0 Å². The molecule has 8 heteroatoms. The van der Waals surface area contributed by atoms with Gasteiger partial charge in [0.05, 0.1) is 32.7 Å². The Hall–Kier alpha value is -2.59. The van der Waals surface area contributed by atoms with Gasteiger partial charge >= 0.3 is 0 Å². The van der Waals surface area contributed by atoms with Crippen LogP contribution in [0.1, 0.15) is 18.1 Å². The summed E-state index contributed by atoms with van der Waals surface area (Å²) in [5.41, 5.74) is 1.13. The Labute approximate surface area is 207 Å². The van der Waals surface area contributed by atoms with E-state index in [1.807, 2.05) is 67.6 Å². The van der Waals surface area contributed by atoms with E-state index in [2.05, 4.69) is 0 Å². The summed E-state index contributed by atoms with van der Waals surface area (Å²) < 4.78 is 57.2. The standard InChI is InChI=1S/C27H30O7S/c1-21-12-14-24(15-13-21)35(29,30)34-20-27(19-31-16-22-8-4-2-5-9-22)26(25(28)18-33-27)32-17-23-10-6-3-7-11-23/h2-15,25-26,28H,16-20H2,1H3/t25-,26?,27-/m1/s1/i18T/t18-,25+,26?,27+/m0. The van der Waals surface area contributed by atoms with Gasteiger partial charge < -0.3 is 19.3 Å². The van der Waals surface area contributed by atoms with Crippen LogP contribution < -0.4 is 0 Å². The maximum atomic E-state index is 12.9. The first-order valence-electron chi connectivity index (χ1n) is 11.9. The van der Waals surface area contributed by atoms with E-state index in [9.17, 15) is 13.5 Å². The molecule has 1 heterocycles. The Balaban J connectivity index is 1.55. The van der Waals surface area contributed by atoms with Gasteiger partial charge in [0, 0.05) is 0 Å². The zero-order valence-electron chi connectivity index (χ0n) is 20.4. The highest BCUT2D eigenvalue weighted by Crippen LogP contribution is 2.32. The van der Waals surface area contributed by atoms with E-state index in [0.717, 1.165) is 16.7 Å². The van der Waals surface area contributed by atoms with E-state index < -0.39 is 41.1 Å². The van der Waals surface area contributed by atoms with Gasteiger partial charge in [-0.05, 0) is 30.2 Å². The van der Waals surface area contributed by atoms with Crippen molar-refractivity contribution in [3.05, 3.63) is 102 Å². The Morgan fingerprint density at radius 2 is 1.54 bits per heavy atom. The minimum Gasteiger partial charge on any atom is -0.388 e. The van der Waals surface area contributed by atoms with E-state index in [1.54, 1.807) is 12.1 Å². The second kappa shape index (κ2) is 11.4. The third-order valence-electron chi connectivity index (χ3n) is 5.77. The third-order valence-corrected chi connectivity index (χ3v) is 7.05. The second-order valence-corrected chi connectivity index (χ2v) is 10.1. The van der Waals surface area contributed by atoms with E-state index in [1.165, 1.54) is 12.1 Å². The van der Waals surface area contributed by atoms with Crippen LogP contribution in [0.5, 0.6) is 0 Å². The minimum absolute atomic E-state index is 0.00354. The summed E-state index contributed by atoms with van der Waals surface area (Å²) in [4.78, 5) is -0.00354. The molecule has 0 saturated carbocycles.